The summed E-state index contributed by atoms with van der Waals surface area (Å²) in [5, 5.41) is 3.23. The molecule has 3 heteroatoms. The van der Waals surface area contributed by atoms with Crippen molar-refractivity contribution in [2.24, 2.45) is 0 Å². The van der Waals surface area contributed by atoms with Crippen molar-refractivity contribution in [2.75, 3.05) is 18.1 Å². The lowest BCUT2D eigenvalue weighted by Gasteiger charge is -2.16. The quantitative estimate of drug-likeness (QED) is 0.780. The second kappa shape index (κ2) is 5.86. The maximum absolute atomic E-state index is 6.07. The number of nitrogens with two attached hydrogens (primary N) is 1. The summed E-state index contributed by atoms with van der Waals surface area (Å²) >= 11 is 0. The number of benzene rings is 1. The van der Waals surface area contributed by atoms with Gasteiger partial charge < -0.3 is 11.1 Å². The van der Waals surface area contributed by atoms with E-state index < -0.39 is 0 Å². The molecule has 0 heterocycles. The molecule has 1 aromatic carbocycles. The number of hydrogen-bond donors (Lipinski definition) is 2. The van der Waals surface area contributed by atoms with Crippen LogP contribution in [0.25, 0.3) is 0 Å². The predicted octanol–water partition coefficient (Wildman–Crippen LogP) is 3.17. The molecule has 0 spiro atoms. The summed E-state index contributed by atoms with van der Waals surface area (Å²) in [6.45, 7) is 6.40. The standard InChI is InChI=1S/C12H20N2.ClH/c1-5-9-7-11(14-4)10(6-2)8(3)12(9)13;/h7,14H,5-6,13H2,1-4H3;1H. The Morgan fingerprint density at radius 2 is 1.87 bits per heavy atom. The van der Waals surface area contributed by atoms with E-state index in [-0.39, 0.29) is 12.4 Å². The highest BCUT2D eigenvalue weighted by Crippen LogP contribution is 2.29. The van der Waals surface area contributed by atoms with E-state index in [1.807, 2.05) is 7.05 Å². The van der Waals surface area contributed by atoms with Crippen molar-refractivity contribution in [3.63, 3.8) is 0 Å². The van der Waals surface area contributed by atoms with Crippen LogP contribution in [0.2, 0.25) is 0 Å². The Morgan fingerprint density at radius 3 is 2.27 bits per heavy atom. The van der Waals surface area contributed by atoms with Crippen LogP contribution in [0.3, 0.4) is 0 Å². The van der Waals surface area contributed by atoms with E-state index >= 15 is 0 Å². The fraction of sp³-hybridized carbons (Fsp3) is 0.500. The normalized spacial score (nSPS) is 9.60. The Labute approximate surface area is 98.7 Å². The summed E-state index contributed by atoms with van der Waals surface area (Å²) in [5.41, 5.74) is 12.1. The highest BCUT2D eigenvalue weighted by molar-refractivity contribution is 5.85. The molecule has 86 valence electrons. The van der Waals surface area contributed by atoms with Crippen LogP contribution in [0.1, 0.15) is 30.5 Å². The second-order valence-electron chi connectivity index (χ2n) is 3.56. The molecular weight excluding hydrogens is 208 g/mol. The lowest BCUT2D eigenvalue weighted by atomic mass is 9.97. The average Bonchev–Trinajstić information content (AvgIpc) is 2.21. The second-order valence-corrected chi connectivity index (χ2v) is 3.56. The number of hydrogen-bond acceptors (Lipinski definition) is 2. The molecule has 0 unspecified atom stereocenters. The third kappa shape index (κ3) is 2.57. The van der Waals surface area contributed by atoms with Crippen LogP contribution in [-0.4, -0.2) is 7.05 Å². The van der Waals surface area contributed by atoms with Gasteiger partial charge in [0, 0.05) is 18.4 Å². The SMILES string of the molecule is CCc1cc(NC)c(CC)c(C)c1N.Cl. The topological polar surface area (TPSA) is 38.0 Å². The fourth-order valence-electron chi connectivity index (χ4n) is 1.92. The van der Waals surface area contributed by atoms with E-state index in [9.17, 15) is 0 Å². The van der Waals surface area contributed by atoms with Crippen molar-refractivity contribution in [3.05, 3.63) is 22.8 Å². The monoisotopic (exact) mass is 228 g/mol. The van der Waals surface area contributed by atoms with Crippen LogP contribution in [0.5, 0.6) is 0 Å². The molecule has 0 bridgehead atoms. The summed E-state index contributed by atoms with van der Waals surface area (Å²) in [5.74, 6) is 0. The minimum atomic E-state index is 0. The zero-order valence-corrected chi connectivity index (χ0v) is 10.8. The first kappa shape index (κ1) is 14.1. The maximum atomic E-state index is 6.07. The third-order valence-electron chi connectivity index (χ3n) is 2.85. The molecule has 1 aromatic rings. The molecule has 0 fully saturated rings. The molecule has 0 aromatic heterocycles. The Kier molecular flexibility index (Phi) is 5.51. The van der Waals surface area contributed by atoms with E-state index in [1.165, 1.54) is 22.4 Å². The van der Waals surface area contributed by atoms with Gasteiger partial charge in [0.15, 0.2) is 0 Å². The van der Waals surface area contributed by atoms with Crippen molar-refractivity contribution in [3.8, 4) is 0 Å². The smallest absolute Gasteiger partial charge is 0.0380 e. The van der Waals surface area contributed by atoms with Gasteiger partial charge in [0.25, 0.3) is 0 Å². The van der Waals surface area contributed by atoms with Gasteiger partial charge in [0.1, 0.15) is 0 Å². The van der Waals surface area contributed by atoms with Gasteiger partial charge in [0.05, 0.1) is 0 Å². The third-order valence-corrected chi connectivity index (χ3v) is 2.85. The average molecular weight is 229 g/mol. The molecular formula is C12H21ClN2. The van der Waals surface area contributed by atoms with E-state index in [1.54, 1.807) is 0 Å². The molecule has 2 nitrogen and oxygen atoms in total. The number of halogens is 1. The van der Waals surface area contributed by atoms with Crippen molar-refractivity contribution < 1.29 is 0 Å². The number of rotatable bonds is 3. The van der Waals surface area contributed by atoms with Gasteiger partial charge in [-0.2, -0.15) is 0 Å². The van der Waals surface area contributed by atoms with Gasteiger partial charge in [-0.3, -0.25) is 0 Å². The molecule has 0 aliphatic heterocycles. The lowest BCUT2D eigenvalue weighted by molar-refractivity contribution is 1.08. The molecule has 3 N–H and O–H groups in total. The summed E-state index contributed by atoms with van der Waals surface area (Å²) in [6, 6.07) is 2.17. The maximum Gasteiger partial charge on any atom is 0.0380 e. The lowest BCUT2D eigenvalue weighted by Crippen LogP contribution is -2.04. The van der Waals surface area contributed by atoms with E-state index in [0.717, 1.165) is 18.5 Å². The Bertz CT molecular complexity index is 335. The Balaban J connectivity index is 0.00000196. The number of nitrogen functional groups attached to an aromatic ring is 1. The molecule has 0 atom stereocenters. The first-order valence-corrected chi connectivity index (χ1v) is 5.24. The van der Waals surface area contributed by atoms with Crippen molar-refractivity contribution in [2.45, 2.75) is 33.6 Å². The molecule has 1 rings (SSSR count). The molecule has 15 heavy (non-hydrogen) atoms. The van der Waals surface area contributed by atoms with Crippen molar-refractivity contribution in [1.29, 1.82) is 0 Å². The number of aryl methyl sites for hydroxylation is 1. The summed E-state index contributed by atoms with van der Waals surface area (Å²) in [7, 11) is 1.96. The van der Waals surface area contributed by atoms with Crippen LogP contribution in [0.4, 0.5) is 11.4 Å². The van der Waals surface area contributed by atoms with Crippen LogP contribution < -0.4 is 11.1 Å². The zero-order chi connectivity index (χ0) is 10.7. The molecule has 0 saturated heterocycles. The first-order valence-electron chi connectivity index (χ1n) is 5.24. The fourth-order valence-corrected chi connectivity index (χ4v) is 1.92. The Morgan fingerprint density at radius 1 is 1.27 bits per heavy atom. The number of anilines is 2. The first-order chi connectivity index (χ1) is 6.65. The highest BCUT2D eigenvalue weighted by atomic mass is 35.5. The van der Waals surface area contributed by atoms with E-state index in [4.69, 9.17) is 5.73 Å². The number of nitrogens with one attached hydrogen (secondary N) is 1. The molecule has 0 aliphatic rings. The van der Waals surface area contributed by atoms with Gasteiger partial charge in [-0.25, -0.2) is 0 Å². The van der Waals surface area contributed by atoms with Crippen LogP contribution in [-0.2, 0) is 12.8 Å². The van der Waals surface area contributed by atoms with Gasteiger partial charge in [0.2, 0.25) is 0 Å². The van der Waals surface area contributed by atoms with Crippen LogP contribution in [0.15, 0.2) is 6.07 Å². The minimum Gasteiger partial charge on any atom is -0.398 e. The van der Waals surface area contributed by atoms with Gasteiger partial charge in [-0.05, 0) is 42.5 Å². The molecule has 0 aliphatic carbocycles. The molecule has 0 radical (unpaired) electrons. The van der Waals surface area contributed by atoms with Gasteiger partial charge in [-0.15, -0.1) is 12.4 Å². The minimum absolute atomic E-state index is 0. The summed E-state index contributed by atoms with van der Waals surface area (Å²) < 4.78 is 0. The van der Waals surface area contributed by atoms with Gasteiger partial charge >= 0.3 is 0 Å². The highest BCUT2D eigenvalue weighted by Gasteiger charge is 2.09. The molecule has 0 saturated carbocycles. The van der Waals surface area contributed by atoms with Crippen molar-refractivity contribution in [1.82, 2.24) is 0 Å². The predicted molar refractivity (Wildman–Crippen MR) is 71.1 cm³/mol. The largest absolute Gasteiger partial charge is 0.398 e. The Hall–Kier alpha value is -0.890. The zero-order valence-electron chi connectivity index (χ0n) is 9.98. The van der Waals surface area contributed by atoms with Gasteiger partial charge in [-0.1, -0.05) is 13.8 Å². The molecule has 0 amide bonds. The van der Waals surface area contributed by atoms with E-state index in [0.29, 0.717) is 0 Å². The summed E-state index contributed by atoms with van der Waals surface area (Å²) in [6.07, 6.45) is 2.02. The van der Waals surface area contributed by atoms with Crippen LogP contribution in [0, 0.1) is 6.92 Å². The summed E-state index contributed by atoms with van der Waals surface area (Å²) in [4.78, 5) is 0. The van der Waals surface area contributed by atoms with E-state index in [2.05, 4.69) is 32.2 Å². The van der Waals surface area contributed by atoms with Crippen molar-refractivity contribution >= 4 is 23.8 Å². The van der Waals surface area contributed by atoms with Crippen LogP contribution >= 0.6 is 12.4 Å².